The Morgan fingerprint density at radius 3 is 2.65 bits per heavy atom. The highest BCUT2D eigenvalue weighted by atomic mass is 35.5. The van der Waals surface area contributed by atoms with Crippen LogP contribution in [-0.4, -0.2) is 12.0 Å². The van der Waals surface area contributed by atoms with Gasteiger partial charge in [0.25, 0.3) is 0 Å². The predicted molar refractivity (Wildman–Crippen MR) is 86.5 cm³/mol. The summed E-state index contributed by atoms with van der Waals surface area (Å²) in [7, 11) is 2.04. The second-order valence-electron chi connectivity index (χ2n) is 6.22. The van der Waals surface area contributed by atoms with E-state index >= 15 is 0 Å². The maximum atomic E-state index is 5.96. The number of rotatable bonds is 2. The predicted octanol–water partition coefficient (Wildman–Crippen LogP) is 4.70. The summed E-state index contributed by atoms with van der Waals surface area (Å²) in [6, 6.07) is 8.37. The molecular formula is C16H19ClN2S. The van der Waals surface area contributed by atoms with Gasteiger partial charge in [0.2, 0.25) is 0 Å². The molecule has 0 saturated carbocycles. The third kappa shape index (κ3) is 2.62. The lowest BCUT2D eigenvalue weighted by atomic mass is 9.76. The van der Waals surface area contributed by atoms with Crippen LogP contribution in [0.25, 0.3) is 10.6 Å². The highest BCUT2D eigenvalue weighted by Crippen LogP contribution is 2.44. The van der Waals surface area contributed by atoms with Gasteiger partial charge in [-0.2, -0.15) is 0 Å². The fourth-order valence-electron chi connectivity index (χ4n) is 2.88. The van der Waals surface area contributed by atoms with Gasteiger partial charge in [0.05, 0.1) is 5.69 Å². The van der Waals surface area contributed by atoms with Crippen molar-refractivity contribution in [2.45, 2.75) is 32.7 Å². The minimum atomic E-state index is 0.312. The molecule has 3 rings (SSSR count). The summed E-state index contributed by atoms with van der Waals surface area (Å²) in [6.45, 7) is 4.64. The van der Waals surface area contributed by atoms with Gasteiger partial charge in [0.1, 0.15) is 5.01 Å². The molecule has 0 fully saturated rings. The van der Waals surface area contributed by atoms with E-state index in [0.717, 1.165) is 22.0 Å². The Morgan fingerprint density at radius 2 is 2.00 bits per heavy atom. The van der Waals surface area contributed by atoms with Crippen LogP contribution in [0.2, 0.25) is 5.02 Å². The summed E-state index contributed by atoms with van der Waals surface area (Å²) in [5.74, 6) is 0. The van der Waals surface area contributed by atoms with Crippen molar-refractivity contribution in [3.8, 4) is 10.6 Å². The topological polar surface area (TPSA) is 24.9 Å². The first-order valence-electron chi connectivity index (χ1n) is 6.91. The van der Waals surface area contributed by atoms with Gasteiger partial charge >= 0.3 is 0 Å². The Balaban J connectivity index is 2.01. The van der Waals surface area contributed by atoms with Gasteiger partial charge in [-0.25, -0.2) is 4.98 Å². The average Bonchev–Trinajstić information content (AvgIpc) is 2.80. The first-order valence-corrected chi connectivity index (χ1v) is 8.11. The number of benzene rings is 1. The van der Waals surface area contributed by atoms with Gasteiger partial charge < -0.3 is 5.32 Å². The number of thiazole rings is 1. The molecule has 0 saturated heterocycles. The molecule has 0 aliphatic heterocycles. The standard InChI is InChI=1S/C16H19ClN2S/c1-16(2)8-12(18-3)14-13(9-16)19-15(20-14)10-4-6-11(17)7-5-10/h4-7,12,18H,8-9H2,1-3H3. The summed E-state index contributed by atoms with van der Waals surface area (Å²) in [4.78, 5) is 6.28. The maximum Gasteiger partial charge on any atom is 0.123 e. The minimum Gasteiger partial charge on any atom is -0.312 e. The molecule has 20 heavy (non-hydrogen) atoms. The van der Waals surface area contributed by atoms with Crippen molar-refractivity contribution in [2.24, 2.45) is 5.41 Å². The van der Waals surface area contributed by atoms with Crippen LogP contribution in [-0.2, 0) is 6.42 Å². The van der Waals surface area contributed by atoms with Gasteiger partial charge in [-0.05, 0) is 37.4 Å². The normalized spacial score (nSPS) is 20.7. The quantitative estimate of drug-likeness (QED) is 0.870. The molecule has 1 N–H and O–H groups in total. The van der Waals surface area contributed by atoms with Crippen molar-refractivity contribution in [1.29, 1.82) is 0 Å². The zero-order valence-electron chi connectivity index (χ0n) is 12.0. The zero-order valence-corrected chi connectivity index (χ0v) is 13.6. The van der Waals surface area contributed by atoms with Gasteiger partial charge in [-0.1, -0.05) is 37.6 Å². The third-order valence-electron chi connectivity index (χ3n) is 3.89. The fraction of sp³-hybridized carbons (Fsp3) is 0.438. The molecular weight excluding hydrogens is 288 g/mol. The molecule has 2 nitrogen and oxygen atoms in total. The first kappa shape index (κ1) is 14.1. The average molecular weight is 307 g/mol. The van der Waals surface area contributed by atoms with Crippen LogP contribution in [0.3, 0.4) is 0 Å². The maximum absolute atomic E-state index is 5.96. The minimum absolute atomic E-state index is 0.312. The summed E-state index contributed by atoms with van der Waals surface area (Å²) in [5, 5.41) is 5.31. The Morgan fingerprint density at radius 1 is 1.30 bits per heavy atom. The van der Waals surface area contributed by atoms with Crippen LogP contribution >= 0.6 is 22.9 Å². The lowest BCUT2D eigenvalue weighted by Gasteiger charge is -2.34. The smallest absolute Gasteiger partial charge is 0.123 e. The van der Waals surface area contributed by atoms with Crippen LogP contribution in [0.4, 0.5) is 0 Å². The van der Waals surface area contributed by atoms with E-state index in [0.29, 0.717) is 11.5 Å². The molecule has 0 amide bonds. The first-order chi connectivity index (χ1) is 9.48. The zero-order chi connectivity index (χ0) is 14.3. The van der Waals surface area contributed by atoms with Crippen LogP contribution in [0.5, 0.6) is 0 Å². The van der Waals surface area contributed by atoms with E-state index in [1.165, 1.54) is 17.0 Å². The van der Waals surface area contributed by atoms with Crippen molar-refractivity contribution in [3.05, 3.63) is 39.9 Å². The molecule has 1 heterocycles. The third-order valence-corrected chi connectivity index (χ3v) is 5.40. The number of hydrogen-bond donors (Lipinski definition) is 1. The van der Waals surface area contributed by atoms with Crippen molar-refractivity contribution >= 4 is 22.9 Å². The molecule has 0 bridgehead atoms. The van der Waals surface area contributed by atoms with E-state index in [-0.39, 0.29) is 0 Å². The summed E-state index contributed by atoms with van der Waals surface area (Å²) < 4.78 is 0. The molecule has 4 heteroatoms. The Kier molecular flexibility index (Phi) is 3.61. The van der Waals surface area contributed by atoms with Gasteiger partial charge in [-0.15, -0.1) is 11.3 Å². The van der Waals surface area contributed by atoms with E-state index in [1.54, 1.807) is 0 Å². The fourth-order valence-corrected chi connectivity index (χ4v) is 4.21. The summed E-state index contributed by atoms with van der Waals surface area (Å²) >= 11 is 7.77. The number of hydrogen-bond acceptors (Lipinski definition) is 3. The molecule has 1 aromatic heterocycles. The Hall–Kier alpha value is -0.900. The molecule has 1 aliphatic carbocycles. The van der Waals surface area contributed by atoms with Crippen molar-refractivity contribution in [3.63, 3.8) is 0 Å². The summed E-state index contributed by atoms with van der Waals surface area (Å²) in [5.41, 5.74) is 2.73. The molecule has 2 aromatic rings. The number of nitrogens with one attached hydrogen (secondary N) is 1. The van der Waals surface area contributed by atoms with E-state index in [4.69, 9.17) is 16.6 Å². The highest BCUT2D eigenvalue weighted by molar-refractivity contribution is 7.15. The van der Waals surface area contributed by atoms with Crippen LogP contribution in [0.1, 0.15) is 36.9 Å². The Labute approximate surface area is 129 Å². The van der Waals surface area contributed by atoms with Gasteiger partial charge in [0.15, 0.2) is 0 Å². The van der Waals surface area contributed by atoms with E-state index in [2.05, 4.69) is 19.2 Å². The highest BCUT2D eigenvalue weighted by Gasteiger charge is 2.34. The lowest BCUT2D eigenvalue weighted by molar-refractivity contribution is 0.265. The largest absolute Gasteiger partial charge is 0.312 e. The monoisotopic (exact) mass is 306 g/mol. The number of aromatic nitrogens is 1. The molecule has 106 valence electrons. The SMILES string of the molecule is CNC1CC(C)(C)Cc2nc(-c3ccc(Cl)cc3)sc21. The number of nitrogens with zero attached hydrogens (tertiary/aromatic N) is 1. The van der Waals surface area contributed by atoms with E-state index in [9.17, 15) is 0 Å². The number of halogens is 1. The Bertz CT molecular complexity index is 616. The molecule has 1 atom stereocenters. The lowest BCUT2D eigenvalue weighted by Crippen LogP contribution is -2.30. The van der Waals surface area contributed by atoms with Crippen LogP contribution in [0.15, 0.2) is 24.3 Å². The molecule has 1 unspecified atom stereocenters. The number of fused-ring (bicyclic) bond motifs is 1. The van der Waals surface area contributed by atoms with Gasteiger partial charge in [-0.3, -0.25) is 0 Å². The summed E-state index contributed by atoms with van der Waals surface area (Å²) in [6.07, 6.45) is 2.23. The molecule has 0 spiro atoms. The molecule has 1 aliphatic rings. The van der Waals surface area contributed by atoms with Crippen molar-refractivity contribution in [1.82, 2.24) is 10.3 Å². The van der Waals surface area contributed by atoms with E-state index < -0.39 is 0 Å². The van der Waals surface area contributed by atoms with Crippen molar-refractivity contribution < 1.29 is 0 Å². The van der Waals surface area contributed by atoms with Crippen LogP contribution < -0.4 is 5.32 Å². The molecule has 1 aromatic carbocycles. The van der Waals surface area contributed by atoms with Gasteiger partial charge in [0, 0.05) is 21.5 Å². The second kappa shape index (κ2) is 5.14. The second-order valence-corrected chi connectivity index (χ2v) is 7.69. The molecule has 0 radical (unpaired) electrons. The van der Waals surface area contributed by atoms with Crippen LogP contribution in [0, 0.1) is 5.41 Å². The van der Waals surface area contributed by atoms with E-state index in [1.807, 2.05) is 42.6 Å². The van der Waals surface area contributed by atoms with Crippen molar-refractivity contribution in [2.75, 3.05) is 7.05 Å².